The van der Waals surface area contributed by atoms with E-state index < -0.39 is 4.92 Å². The summed E-state index contributed by atoms with van der Waals surface area (Å²) < 4.78 is 5.61. The molecular weight excluding hydrogens is 256 g/mol. The Bertz CT molecular complexity index is 414. The Balaban J connectivity index is 0.00000162. The van der Waals surface area contributed by atoms with E-state index in [1.165, 1.54) is 18.6 Å². The molecule has 2 rings (SSSR count). The Hall–Kier alpha value is -1.33. The van der Waals surface area contributed by atoms with Crippen molar-refractivity contribution in [1.82, 2.24) is 4.90 Å². The third-order valence-electron chi connectivity index (χ3n) is 3.14. The Morgan fingerprint density at radius 1 is 1.56 bits per heavy atom. The number of nitrogens with zero attached hydrogens (tertiary/aromatic N) is 2. The van der Waals surface area contributed by atoms with E-state index in [1.54, 1.807) is 12.1 Å². The second kappa shape index (κ2) is 6.56. The first-order chi connectivity index (χ1) is 8.16. The van der Waals surface area contributed by atoms with Crippen molar-refractivity contribution in [1.29, 1.82) is 0 Å². The zero-order valence-corrected chi connectivity index (χ0v) is 11.1. The number of nitro groups is 1. The SMILES string of the molecule is CN1CCCC1COc1cccc([N+](=O)[O-])c1.Cl. The summed E-state index contributed by atoms with van der Waals surface area (Å²) in [5.41, 5.74) is 0.0716. The van der Waals surface area contributed by atoms with Crippen LogP contribution in [0.15, 0.2) is 24.3 Å². The van der Waals surface area contributed by atoms with E-state index in [0.29, 0.717) is 18.4 Å². The van der Waals surface area contributed by atoms with E-state index in [-0.39, 0.29) is 18.1 Å². The minimum atomic E-state index is -0.408. The van der Waals surface area contributed by atoms with E-state index in [9.17, 15) is 10.1 Å². The number of benzene rings is 1. The van der Waals surface area contributed by atoms with Gasteiger partial charge in [-0.25, -0.2) is 0 Å². The summed E-state index contributed by atoms with van der Waals surface area (Å²) in [4.78, 5) is 12.5. The Morgan fingerprint density at radius 3 is 2.94 bits per heavy atom. The van der Waals surface area contributed by atoms with Crippen LogP contribution in [0.3, 0.4) is 0 Å². The lowest BCUT2D eigenvalue weighted by Gasteiger charge is -2.19. The molecule has 1 aromatic carbocycles. The first kappa shape index (κ1) is 14.7. The Kier molecular flexibility index (Phi) is 5.37. The molecule has 0 amide bonds. The zero-order valence-electron chi connectivity index (χ0n) is 10.2. The molecule has 1 unspecified atom stereocenters. The zero-order chi connectivity index (χ0) is 12.3. The topological polar surface area (TPSA) is 55.6 Å². The molecule has 1 fully saturated rings. The molecular formula is C12H17ClN2O3. The van der Waals surface area contributed by atoms with Crippen molar-refractivity contribution in [2.24, 2.45) is 0 Å². The largest absolute Gasteiger partial charge is 0.492 e. The maximum absolute atomic E-state index is 10.6. The second-order valence-electron chi connectivity index (χ2n) is 4.34. The van der Waals surface area contributed by atoms with Gasteiger partial charge in [-0.3, -0.25) is 10.1 Å². The highest BCUT2D eigenvalue weighted by molar-refractivity contribution is 5.85. The van der Waals surface area contributed by atoms with E-state index in [2.05, 4.69) is 11.9 Å². The molecule has 100 valence electrons. The molecule has 0 radical (unpaired) electrons. The fourth-order valence-electron chi connectivity index (χ4n) is 2.07. The summed E-state index contributed by atoms with van der Waals surface area (Å²) in [5, 5.41) is 10.6. The lowest BCUT2D eigenvalue weighted by atomic mass is 10.2. The van der Waals surface area contributed by atoms with Crippen molar-refractivity contribution in [3.8, 4) is 5.75 Å². The van der Waals surface area contributed by atoms with E-state index in [1.807, 2.05) is 0 Å². The molecule has 0 saturated carbocycles. The fraction of sp³-hybridized carbons (Fsp3) is 0.500. The van der Waals surface area contributed by atoms with E-state index in [0.717, 1.165) is 13.0 Å². The average molecular weight is 273 g/mol. The number of hydrogen-bond acceptors (Lipinski definition) is 4. The number of rotatable bonds is 4. The molecule has 1 aromatic rings. The molecule has 1 heterocycles. The quantitative estimate of drug-likeness (QED) is 0.624. The van der Waals surface area contributed by atoms with Crippen molar-refractivity contribution >= 4 is 18.1 Å². The first-order valence-corrected chi connectivity index (χ1v) is 5.74. The van der Waals surface area contributed by atoms with Crippen molar-refractivity contribution in [3.63, 3.8) is 0 Å². The molecule has 0 N–H and O–H groups in total. The van der Waals surface area contributed by atoms with E-state index >= 15 is 0 Å². The summed E-state index contributed by atoms with van der Waals surface area (Å²) >= 11 is 0. The third kappa shape index (κ3) is 3.58. The summed E-state index contributed by atoms with van der Waals surface area (Å²) in [6.07, 6.45) is 2.32. The van der Waals surface area contributed by atoms with Crippen molar-refractivity contribution in [2.75, 3.05) is 20.2 Å². The molecule has 5 nitrogen and oxygen atoms in total. The number of non-ortho nitro benzene ring substituents is 1. The van der Waals surface area contributed by atoms with Crippen LogP contribution in [-0.2, 0) is 0 Å². The van der Waals surface area contributed by atoms with Gasteiger partial charge in [0.2, 0.25) is 0 Å². The third-order valence-corrected chi connectivity index (χ3v) is 3.14. The van der Waals surface area contributed by atoms with Crippen LogP contribution in [0.5, 0.6) is 5.75 Å². The summed E-state index contributed by atoms with van der Waals surface area (Å²) in [7, 11) is 2.08. The van der Waals surface area contributed by atoms with Crippen LogP contribution in [0.1, 0.15) is 12.8 Å². The van der Waals surface area contributed by atoms with Crippen LogP contribution in [0, 0.1) is 10.1 Å². The number of ether oxygens (including phenoxy) is 1. The highest BCUT2D eigenvalue weighted by atomic mass is 35.5. The minimum Gasteiger partial charge on any atom is -0.492 e. The van der Waals surface area contributed by atoms with Gasteiger partial charge in [-0.05, 0) is 32.5 Å². The normalized spacial score (nSPS) is 19.3. The molecule has 1 aliphatic rings. The van der Waals surface area contributed by atoms with Crippen molar-refractivity contribution in [3.05, 3.63) is 34.4 Å². The predicted molar refractivity (Wildman–Crippen MR) is 71.5 cm³/mol. The Labute approximate surface area is 112 Å². The number of nitro benzene ring substituents is 1. The van der Waals surface area contributed by atoms with Crippen LogP contribution < -0.4 is 4.74 Å². The summed E-state index contributed by atoms with van der Waals surface area (Å²) in [6, 6.07) is 6.76. The standard InChI is InChI=1S/C12H16N2O3.ClH/c1-13-7-3-5-11(13)9-17-12-6-2-4-10(8-12)14(15)16;/h2,4,6,8,11H,3,5,7,9H2,1H3;1H. The molecule has 1 aliphatic heterocycles. The van der Waals surface area contributed by atoms with Crippen LogP contribution in [0.4, 0.5) is 5.69 Å². The van der Waals surface area contributed by atoms with Gasteiger partial charge < -0.3 is 9.64 Å². The summed E-state index contributed by atoms with van der Waals surface area (Å²) in [6.45, 7) is 1.70. The lowest BCUT2D eigenvalue weighted by Crippen LogP contribution is -2.30. The van der Waals surface area contributed by atoms with Gasteiger partial charge in [0.15, 0.2) is 0 Å². The van der Waals surface area contributed by atoms with Crippen LogP contribution in [0.25, 0.3) is 0 Å². The monoisotopic (exact) mass is 272 g/mol. The maximum Gasteiger partial charge on any atom is 0.273 e. The number of hydrogen-bond donors (Lipinski definition) is 0. The average Bonchev–Trinajstić information content (AvgIpc) is 2.72. The maximum atomic E-state index is 10.6. The molecule has 0 spiro atoms. The second-order valence-corrected chi connectivity index (χ2v) is 4.34. The number of halogens is 1. The van der Waals surface area contributed by atoms with Crippen molar-refractivity contribution < 1.29 is 9.66 Å². The molecule has 1 atom stereocenters. The number of likely N-dealkylation sites (tertiary alicyclic amines) is 1. The van der Waals surface area contributed by atoms with Gasteiger partial charge in [-0.15, -0.1) is 12.4 Å². The van der Waals surface area contributed by atoms with Crippen molar-refractivity contribution in [2.45, 2.75) is 18.9 Å². The minimum absolute atomic E-state index is 0. The molecule has 0 aromatic heterocycles. The lowest BCUT2D eigenvalue weighted by molar-refractivity contribution is -0.384. The molecule has 6 heteroatoms. The van der Waals surface area contributed by atoms with Gasteiger partial charge >= 0.3 is 0 Å². The van der Waals surface area contributed by atoms with E-state index in [4.69, 9.17) is 4.74 Å². The first-order valence-electron chi connectivity index (χ1n) is 5.74. The number of likely N-dealkylation sites (N-methyl/N-ethyl adjacent to an activating group) is 1. The molecule has 18 heavy (non-hydrogen) atoms. The predicted octanol–water partition coefficient (Wildman–Crippen LogP) is 2.49. The molecule has 0 aliphatic carbocycles. The van der Waals surface area contributed by atoms with Gasteiger partial charge in [0, 0.05) is 12.1 Å². The smallest absolute Gasteiger partial charge is 0.273 e. The van der Waals surface area contributed by atoms with Crippen LogP contribution in [-0.4, -0.2) is 36.1 Å². The highest BCUT2D eigenvalue weighted by Gasteiger charge is 2.21. The van der Waals surface area contributed by atoms with Gasteiger partial charge in [0.1, 0.15) is 12.4 Å². The van der Waals surface area contributed by atoms with Gasteiger partial charge in [0.25, 0.3) is 5.69 Å². The highest BCUT2D eigenvalue weighted by Crippen LogP contribution is 2.21. The van der Waals surface area contributed by atoms with Gasteiger partial charge in [0.05, 0.1) is 11.0 Å². The summed E-state index contributed by atoms with van der Waals surface area (Å²) in [5.74, 6) is 0.569. The fourth-order valence-corrected chi connectivity index (χ4v) is 2.07. The van der Waals surface area contributed by atoms with Crippen LogP contribution in [0.2, 0.25) is 0 Å². The molecule has 0 bridgehead atoms. The Morgan fingerprint density at radius 2 is 2.33 bits per heavy atom. The molecule has 1 saturated heterocycles. The van der Waals surface area contributed by atoms with Gasteiger partial charge in [-0.2, -0.15) is 0 Å². The van der Waals surface area contributed by atoms with Gasteiger partial charge in [-0.1, -0.05) is 6.07 Å². The van der Waals surface area contributed by atoms with Crippen LogP contribution >= 0.6 is 12.4 Å².